The third kappa shape index (κ3) is 4.48. The van der Waals surface area contributed by atoms with Crippen LogP contribution < -0.4 is 5.32 Å². The van der Waals surface area contributed by atoms with Gasteiger partial charge in [0.2, 0.25) is 9.84 Å². The van der Waals surface area contributed by atoms with Gasteiger partial charge >= 0.3 is 0 Å². The van der Waals surface area contributed by atoms with E-state index in [1.54, 1.807) is 36.4 Å². The highest BCUT2D eigenvalue weighted by molar-refractivity contribution is 7.91. The van der Waals surface area contributed by atoms with Crippen molar-refractivity contribution < 1.29 is 8.42 Å². The second-order valence-corrected chi connectivity index (χ2v) is 10.1. The summed E-state index contributed by atoms with van der Waals surface area (Å²) < 4.78 is 25.4. The van der Waals surface area contributed by atoms with E-state index in [1.807, 2.05) is 18.2 Å². The second-order valence-electron chi connectivity index (χ2n) is 8.13. The molecule has 2 aromatic carbocycles. The first-order valence-electron chi connectivity index (χ1n) is 10.5. The summed E-state index contributed by atoms with van der Waals surface area (Å²) in [5.41, 5.74) is 1.24. The maximum absolute atomic E-state index is 12.7. The SMILES string of the molecule is O=S(=O)(c1ccccc1)c1ccc(CC2CCN(C3CCNCC3)CC2)cc1. The number of likely N-dealkylation sites (tertiary alicyclic amines) is 1. The average Bonchev–Trinajstić information content (AvgIpc) is 2.76. The van der Waals surface area contributed by atoms with E-state index in [9.17, 15) is 8.42 Å². The number of sulfone groups is 1. The molecule has 0 saturated carbocycles. The Labute approximate surface area is 168 Å². The third-order valence-corrected chi connectivity index (χ3v) is 8.07. The Morgan fingerprint density at radius 1 is 0.821 bits per heavy atom. The number of rotatable bonds is 5. The van der Waals surface area contributed by atoms with Gasteiger partial charge < -0.3 is 10.2 Å². The zero-order chi connectivity index (χ0) is 19.4. The third-order valence-electron chi connectivity index (χ3n) is 6.29. The van der Waals surface area contributed by atoms with Crippen LogP contribution in [0.15, 0.2) is 64.4 Å². The lowest BCUT2D eigenvalue weighted by Crippen LogP contribution is -2.46. The highest BCUT2D eigenvalue weighted by Gasteiger charge is 2.26. The van der Waals surface area contributed by atoms with Gasteiger partial charge in [-0.1, -0.05) is 30.3 Å². The van der Waals surface area contributed by atoms with Crippen molar-refractivity contribution in [3.05, 3.63) is 60.2 Å². The van der Waals surface area contributed by atoms with Crippen molar-refractivity contribution in [2.75, 3.05) is 26.2 Å². The van der Waals surface area contributed by atoms with Crippen LogP contribution in [0.4, 0.5) is 0 Å². The highest BCUT2D eigenvalue weighted by Crippen LogP contribution is 2.26. The molecule has 4 nitrogen and oxygen atoms in total. The Morgan fingerprint density at radius 3 is 2.07 bits per heavy atom. The van der Waals surface area contributed by atoms with Gasteiger partial charge in [-0.2, -0.15) is 0 Å². The van der Waals surface area contributed by atoms with E-state index in [-0.39, 0.29) is 0 Å². The van der Waals surface area contributed by atoms with Gasteiger partial charge in [0.15, 0.2) is 0 Å². The smallest absolute Gasteiger partial charge is 0.206 e. The number of hydrogen-bond acceptors (Lipinski definition) is 4. The molecule has 0 atom stereocenters. The fraction of sp³-hybridized carbons (Fsp3) is 0.478. The van der Waals surface area contributed by atoms with Crippen molar-refractivity contribution in [3.8, 4) is 0 Å². The molecule has 0 radical (unpaired) electrons. The van der Waals surface area contributed by atoms with Crippen LogP contribution in [0.1, 0.15) is 31.2 Å². The number of nitrogens with zero attached hydrogens (tertiary/aromatic N) is 1. The van der Waals surface area contributed by atoms with E-state index in [1.165, 1.54) is 44.3 Å². The van der Waals surface area contributed by atoms with Gasteiger partial charge in [0.1, 0.15) is 0 Å². The van der Waals surface area contributed by atoms with E-state index < -0.39 is 9.84 Å². The summed E-state index contributed by atoms with van der Waals surface area (Å²) in [5, 5.41) is 3.45. The van der Waals surface area contributed by atoms with Crippen molar-refractivity contribution in [2.45, 2.75) is 47.9 Å². The number of piperidine rings is 2. The molecule has 2 saturated heterocycles. The van der Waals surface area contributed by atoms with Crippen molar-refractivity contribution in [1.29, 1.82) is 0 Å². The first-order valence-corrected chi connectivity index (χ1v) is 11.9. The summed E-state index contributed by atoms with van der Waals surface area (Å²) in [6, 6.07) is 16.9. The monoisotopic (exact) mass is 398 g/mol. The van der Waals surface area contributed by atoms with E-state index in [0.717, 1.165) is 25.6 Å². The van der Waals surface area contributed by atoms with E-state index >= 15 is 0 Å². The van der Waals surface area contributed by atoms with Crippen LogP contribution >= 0.6 is 0 Å². The van der Waals surface area contributed by atoms with Crippen LogP contribution in [-0.4, -0.2) is 45.5 Å². The Morgan fingerprint density at radius 2 is 1.43 bits per heavy atom. The van der Waals surface area contributed by atoms with Gasteiger partial charge in [0.05, 0.1) is 9.79 Å². The molecule has 0 aliphatic carbocycles. The molecule has 0 spiro atoms. The van der Waals surface area contributed by atoms with Crippen molar-refractivity contribution >= 4 is 9.84 Å². The summed E-state index contributed by atoms with van der Waals surface area (Å²) in [6.45, 7) is 4.72. The summed E-state index contributed by atoms with van der Waals surface area (Å²) >= 11 is 0. The molecule has 28 heavy (non-hydrogen) atoms. The van der Waals surface area contributed by atoms with Crippen molar-refractivity contribution in [3.63, 3.8) is 0 Å². The molecular weight excluding hydrogens is 368 g/mol. The van der Waals surface area contributed by atoms with E-state index in [4.69, 9.17) is 0 Å². The quantitative estimate of drug-likeness (QED) is 0.837. The van der Waals surface area contributed by atoms with Crippen LogP contribution in [0.5, 0.6) is 0 Å². The minimum Gasteiger partial charge on any atom is -0.317 e. The molecule has 0 aromatic heterocycles. The molecule has 2 aliphatic heterocycles. The zero-order valence-electron chi connectivity index (χ0n) is 16.4. The highest BCUT2D eigenvalue weighted by atomic mass is 32.2. The predicted molar refractivity (Wildman–Crippen MR) is 112 cm³/mol. The fourth-order valence-electron chi connectivity index (χ4n) is 4.57. The number of hydrogen-bond donors (Lipinski definition) is 1. The maximum Gasteiger partial charge on any atom is 0.206 e. The lowest BCUT2D eigenvalue weighted by molar-refractivity contribution is 0.111. The van der Waals surface area contributed by atoms with Gasteiger partial charge in [0, 0.05) is 6.04 Å². The van der Waals surface area contributed by atoms with Gasteiger partial charge in [0.25, 0.3) is 0 Å². The van der Waals surface area contributed by atoms with Gasteiger partial charge in [-0.3, -0.25) is 0 Å². The first kappa shape index (κ1) is 19.6. The van der Waals surface area contributed by atoms with Crippen LogP contribution in [0.2, 0.25) is 0 Å². The summed E-state index contributed by atoms with van der Waals surface area (Å²) in [4.78, 5) is 3.42. The number of nitrogens with one attached hydrogen (secondary N) is 1. The van der Waals surface area contributed by atoms with Crippen LogP contribution in [0, 0.1) is 5.92 Å². The lowest BCUT2D eigenvalue weighted by atomic mass is 9.89. The molecule has 2 aromatic rings. The topological polar surface area (TPSA) is 49.4 Å². The summed E-state index contributed by atoms with van der Waals surface area (Å²) in [7, 11) is -3.42. The Hall–Kier alpha value is -1.69. The standard InChI is InChI=1S/C23H30N2O2S/c26-28(27,22-4-2-1-3-5-22)23-8-6-19(7-9-23)18-20-12-16-25(17-13-20)21-10-14-24-15-11-21/h1-9,20-21,24H,10-18H2. The average molecular weight is 399 g/mol. The molecule has 0 bridgehead atoms. The van der Waals surface area contributed by atoms with E-state index in [0.29, 0.717) is 15.7 Å². The molecular formula is C23H30N2O2S. The molecule has 0 amide bonds. The van der Waals surface area contributed by atoms with E-state index in [2.05, 4.69) is 10.2 Å². The van der Waals surface area contributed by atoms with Gasteiger partial charge in [-0.25, -0.2) is 8.42 Å². The molecule has 5 heteroatoms. The molecule has 1 N–H and O–H groups in total. The minimum absolute atomic E-state index is 0.355. The molecule has 2 aliphatic rings. The van der Waals surface area contributed by atoms with Crippen molar-refractivity contribution in [2.24, 2.45) is 5.92 Å². The van der Waals surface area contributed by atoms with Gasteiger partial charge in [-0.05, 0) is 94.0 Å². The van der Waals surface area contributed by atoms with Gasteiger partial charge in [-0.15, -0.1) is 0 Å². The largest absolute Gasteiger partial charge is 0.317 e. The first-order chi connectivity index (χ1) is 13.6. The molecule has 2 fully saturated rings. The molecule has 150 valence electrons. The van der Waals surface area contributed by atoms with Crippen molar-refractivity contribution in [1.82, 2.24) is 10.2 Å². The molecule has 0 unspecified atom stereocenters. The number of benzene rings is 2. The second kappa shape index (κ2) is 8.76. The van der Waals surface area contributed by atoms with Crippen LogP contribution in [-0.2, 0) is 16.3 Å². The Kier molecular flexibility index (Phi) is 6.14. The molecule has 2 heterocycles. The summed E-state index contributed by atoms with van der Waals surface area (Å²) in [5.74, 6) is 0.703. The Bertz CT molecular complexity index is 851. The fourth-order valence-corrected chi connectivity index (χ4v) is 5.85. The van der Waals surface area contributed by atoms with Crippen LogP contribution in [0.3, 0.4) is 0 Å². The molecule has 4 rings (SSSR count). The Balaban J connectivity index is 1.34. The van der Waals surface area contributed by atoms with Crippen LogP contribution in [0.25, 0.3) is 0 Å². The lowest BCUT2D eigenvalue weighted by Gasteiger charge is -2.39. The minimum atomic E-state index is -3.42. The zero-order valence-corrected chi connectivity index (χ0v) is 17.2. The predicted octanol–water partition coefficient (Wildman–Crippen LogP) is 3.53. The maximum atomic E-state index is 12.7. The summed E-state index contributed by atoms with van der Waals surface area (Å²) in [6.07, 6.45) is 6.09. The normalized spacial score (nSPS) is 20.3.